The number of nitrogens with zero attached hydrogens (tertiary/aromatic N) is 8. The second kappa shape index (κ2) is 16.1. The predicted molar refractivity (Wildman–Crippen MR) is 202 cm³/mol. The molecule has 0 radical (unpaired) electrons. The summed E-state index contributed by atoms with van der Waals surface area (Å²) >= 11 is 0. The number of hydrogen-bond acceptors (Lipinski definition) is 11. The number of alkyl halides is 8. The molecule has 0 spiro atoms. The molecule has 0 saturated carbocycles. The SMILES string of the molecule is Cc1nc2cc(F)c(F)cc2n1-c1nc(N)cc(Nc2ccc(C(F)(F)F)cc2)n1.Nc1cc(Nc2ccc(OC(F)F)cc2)nc(-c2c(C(F)(F)F)nc3ccccn23)n1. The number of imidazole rings is 2. The van der Waals surface area contributed by atoms with Crippen molar-refractivity contribution in [3.05, 3.63) is 126 Å². The molecule has 0 aliphatic carbocycles. The van der Waals surface area contributed by atoms with Crippen LogP contribution >= 0.6 is 0 Å². The Morgan fingerprint density at radius 3 is 1.90 bits per heavy atom. The van der Waals surface area contributed by atoms with Crippen molar-refractivity contribution < 1.29 is 48.6 Å². The first kappa shape index (κ1) is 41.4. The molecule has 0 unspecified atom stereocenters. The van der Waals surface area contributed by atoms with Gasteiger partial charge in [-0.05, 0) is 67.6 Å². The number of hydrogen-bond donors (Lipinski definition) is 4. The Kier molecular flexibility index (Phi) is 11.0. The molecule has 13 nitrogen and oxygen atoms in total. The van der Waals surface area contributed by atoms with E-state index in [4.69, 9.17) is 11.5 Å². The van der Waals surface area contributed by atoms with Gasteiger partial charge in [0.25, 0.3) is 0 Å². The molecule has 8 aromatic rings. The molecule has 5 heterocycles. The fourth-order valence-corrected chi connectivity index (χ4v) is 5.86. The Hall–Kier alpha value is -7.72. The third-order valence-corrected chi connectivity index (χ3v) is 8.39. The number of halogens is 10. The van der Waals surface area contributed by atoms with Gasteiger partial charge in [0.1, 0.15) is 46.2 Å². The van der Waals surface area contributed by atoms with Crippen molar-refractivity contribution in [1.29, 1.82) is 0 Å². The second-order valence-corrected chi connectivity index (χ2v) is 12.7. The lowest BCUT2D eigenvalue weighted by Crippen LogP contribution is -2.10. The van der Waals surface area contributed by atoms with Gasteiger partial charge in [-0.25, -0.2) is 28.7 Å². The van der Waals surface area contributed by atoms with Crippen LogP contribution in [0.2, 0.25) is 0 Å². The first-order valence-corrected chi connectivity index (χ1v) is 17.3. The summed E-state index contributed by atoms with van der Waals surface area (Å²) in [5.74, 6) is -1.76. The average Bonchev–Trinajstić information content (AvgIpc) is 3.73. The molecule has 0 aliphatic rings. The van der Waals surface area contributed by atoms with Gasteiger partial charge in [0.2, 0.25) is 5.95 Å². The number of nitrogens with two attached hydrogens (primary N) is 2. The van der Waals surface area contributed by atoms with E-state index in [1.807, 2.05) is 0 Å². The fourth-order valence-electron chi connectivity index (χ4n) is 5.86. The van der Waals surface area contributed by atoms with Gasteiger partial charge in [0, 0.05) is 41.8 Å². The largest absolute Gasteiger partial charge is 0.435 e. The van der Waals surface area contributed by atoms with Crippen LogP contribution in [0.3, 0.4) is 0 Å². The number of aryl methyl sites for hydroxylation is 1. The van der Waals surface area contributed by atoms with Crippen molar-refractivity contribution in [2.24, 2.45) is 0 Å². The van der Waals surface area contributed by atoms with Crippen LogP contribution in [0.1, 0.15) is 17.1 Å². The molecule has 61 heavy (non-hydrogen) atoms. The first-order chi connectivity index (χ1) is 28.8. The number of fused-ring (bicyclic) bond motifs is 2. The van der Waals surface area contributed by atoms with E-state index < -0.39 is 41.9 Å². The Morgan fingerprint density at radius 1 is 0.672 bits per heavy atom. The van der Waals surface area contributed by atoms with Crippen LogP contribution in [0.25, 0.3) is 34.1 Å². The van der Waals surface area contributed by atoms with Crippen LogP contribution in [0, 0.1) is 18.6 Å². The molecule has 0 atom stereocenters. The maximum atomic E-state index is 13.7. The highest BCUT2D eigenvalue weighted by Gasteiger charge is 2.39. The maximum absolute atomic E-state index is 13.7. The summed E-state index contributed by atoms with van der Waals surface area (Å²) in [7, 11) is 0. The number of benzene rings is 3. The number of anilines is 6. The quantitative estimate of drug-likeness (QED) is 0.107. The standard InChI is InChI=1S/C19H13F5N6O.C19H13F5N6/c20-18(21)31-11-6-4-10(5-7-11)26-13-9-12(25)27-17(28-13)15-16(19(22,23)24)29-14-3-1-2-8-30(14)15;1-9-26-14-6-12(20)13(21)7-15(14)30(9)18-28-16(25)8-17(29-18)27-11-4-2-10(3-5-11)19(22,23)24/h1-9,18H,(H3,25,26,27,28);2-8H,1H3,(H3,25,27,28,29). The van der Waals surface area contributed by atoms with Crippen LogP contribution in [-0.4, -0.2) is 45.5 Å². The highest BCUT2D eigenvalue weighted by molar-refractivity contribution is 5.78. The first-order valence-electron chi connectivity index (χ1n) is 17.3. The lowest BCUT2D eigenvalue weighted by Gasteiger charge is -2.11. The smallest absolute Gasteiger partial charge is 0.435 e. The summed E-state index contributed by atoms with van der Waals surface area (Å²) in [4.78, 5) is 24.3. The Balaban J connectivity index is 0.000000184. The van der Waals surface area contributed by atoms with Gasteiger partial charge in [0.05, 0.1) is 16.6 Å². The summed E-state index contributed by atoms with van der Waals surface area (Å²) in [5.41, 5.74) is 10.6. The van der Waals surface area contributed by atoms with E-state index in [1.54, 1.807) is 19.1 Å². The zero-order chi connectivity index (χ0) is 43.8. The van der Waals surface area contributed by atoms with Gasteiger partial charge < -0.3 is 26.8 Å². The molecule has 3 aromatic carbocycles. The van der Waals surface area contributed by atoms with Gasteiger partial charge in [0.15, 0.2) is 23.2 Å². The van der Waals surface area contributed by atoms with E-state index >= 15 is 0 Å². The summed E-state index contributed by atoms with van der Waals surface area (Å²) in [6.45, 7) is -1.36. The van der Waals surface area contributed by atoms with Gasteiger partial charge in [-0.1, -0.05) is 6.07 Å². The van der Waals surface area contributed by atoms with Gasteiger partial charge in [-0.2, -0.15) is 45.1 Å². The maximum Gasteiger partial charge on any atom is 0.435 e. The van der Waals surface area contributed by atoms with Crippen LogP contribution in [0.4, 0.5) is 78.6 Å². The topological polar surface area (TPSA) is 172 Å². The average molecular weight is 857 g/mol. The van der Waals surface area contributed by atoms with Gasteiger partial charge in [-0.3, -0.25) is 8.97 Å². The summed E-state index contributed by atoms with van der Waals surface area (Å²) in [5, 5.41) is 5.70. The molecular formula is C38H26F10N12O. The van der Waals surface area contributed by atoms with E-state index in [2.05, 4.69) is 45.3 Å². The normalized spacial score (nSPS) is 11.8. The van der Waals surface area contributed by atoms with Gasteiger partial charge in [-0.15, -0.1) is 0 Å². The summed E-state index contributed by atoms with van der Waals surface area (Å²) in [6.07, 6.45) is -7.78. The molecule has 0 fully saturated rings. The number of nitrogen functional groups attached to an aromatic ring is 2. The van der Waals surface area contributed by atoms with Gasteiger partial charge >= 0.3 is 19.0 Å². The molecule has 314 valence electrons. The van der Waals surface area contributed by atoms with E-state index in [-0.39, 0.29) is 63.2 Å². The number of rotatable bonds is 8. The van der Waals surface area contributed by atoms with Crippen LogP contribution in [0.5, 0.6) is 5.75 Å². The fraction of sp³-hybridized carbons (Fsp3) is 0.105. The van der Waals surface area contributed by atoms with Crippen LogP contribution in [-0.2, 0) is 12.4 Å². The van der Waals surface area contributed by atoms with E-state index in [9.17, 15) is 43.9 Å². The summed E-state index contributed by atoms with van der Waals surface area (Å²) in [6, 6.07) is 19.0. The van der Waals surface area contributed by atoms with E-state index in [0.717, 1.165) is 24.3 Å². The Labute approximate surface area is 335 Å². The minimum atomic E-state index is -4.75. The lowest BCUT2D eigenvalue weighted by atomic mass is 10.2. The minimum absolute atomic E-state index is 0.0374. The second-order valence-electron chi connectivity index (χ2n) is 12.7. The number of ether oxygens (including phenoxy) is 1. The van der Waals surface area contributed by atoms with Crippen molar-refractivity contribution >= 4 is 51.3 Å². The molecular weight excluding hydrogens is 830 g/mol. The third kappa shape index (κ3) is 9.29. The number of pyridine rings is 1. The van der Waals surface area contributed by atoms with E-state index in [0.29, 0.717) is 17.2 Å². The summed E-state index contributed by atoms with van der Waals surface area (Å²) < 4.78 is 138. The van der Waals surface area contributed by atoms with Crippen molar-refractivity contribution in [2.75, 3.05) is 22.1 Å². The minimum Gasteiger partial charge on any atom is -0.435 e. The molecule has 0 bridgehead atoms. The van der Waals surface area contributed by atoms with Crippen LogP contribution < -0.4 is 26.8 Å². The lowest BCUT2D eigenvalue weighted by molar-refractivity contribution is -0.140. The molecule has 8 rings (SSSR count). The molecule has 6 N–H and O–H groups in total. The van der Waals surface area contributed by atoms with Crippen molar-refractivity contribution in [3.8, 4) is 23.2 Å². The van der Waals surface area contributed by atoms with Crippen LogP contribution in [0.15, 0.2) is 97.2 Å². The molecule has 5 aromatic heterocycles. The van der Waals surface area contributed by atoms with E-state index in [1.165, 1.54) is 69.8 Å². The highest BCUT2D eigenvalue weighted by atomic mass is 19.4. The molecule has 0 saturated heterocycles. The number of nitrogens with one attached hydrogen (secondary N) is 2. The predicted octanol–water partition coefficient (Wildman–Crippen LogP) is 9.48. The number of aromatic nitrogens is 8. The monoisotopic (exact) mass is 856 g/mol. The molecule has 0 amide bonds. The van der Waals surface area contributed by atoms with Crippen molar-refractivity contribution in [3.63, 3.8) is 0 Å². The molecule has 0 aliphatic heterocycles. The highest BCUT2D eigenvalue weighted by Crippen LogP contribution is 2.37. The Bertz CT molecular complexity index is 2860. The zero-order valence-corrected chi connectivity index (χ0v) is 30.7. The zero-order valence-electron chi connectivity index (χ0n) is 30.7. The van der Waals surface area contributed by atoms with Crippen molar-refractivity contribution in [1.82, 2.24) is 38.9 Å². The Morgan fingerprint density at radius 2 is 1.28 bits per heavy atom. The van der Waals surface area contributed by atoms with Crippen molar-refractivity contribution in [2.45, 2.75) is 25.9 Å². The molecule has 23 heteroatoms. The third-order valence-electron chi connectivity index (χ3n) is 8.39.